The third-order valence-electron chi connectivity index (χ3n) is 2.61. The number of rotatable bonds is 3. The summed E-state index contributed by atoms with van der Waals surface area (Å²) in [6, 6.07) is 10.5. The minimum absolute atomic E-state index is 0.233. The maximum absolute atomic E-state index is 9.26. The van der Waals surface area contributed by atoms with Crippen molar-refractivity contribution >= 4 is 28.7 Å². The molecule has 18 heavy (non-hydrogen) atoms. The first-order valence-corrected chi connectivity index (χ1v) is 5.77. The number of nitrogens with two attached hydrogens (primary N) is 1. The monoisotopic (exact) mass is 259 g/mol. The average Bonchev–Trinajstić information content (AvgIpc) is 2.39. The molecule has 0 amide bonds. The smallest absolute Gasteiger partial charge is 0.133 e. The van der Waals surface area contributed by atoms with Gasteiger partial charge in [-0.3, -0.25) is 0 Å². The van der Waals surface area contributed by atoms with Crippen LogP contribution in [0.25, 0.3) is 0 Å². The van der Waals surface area contributed by atoms with Crippen LogP contribution < -0.4 is 10.6 Å². The van der Waals surface area contributed by atoms with Crippen LogP contribution in [0.4, 0.5) is 11.5 Å². The minimum Gasteiger partial charge on any atom is -0.508 e. The SMILES string of the molecule is CN(c1ccc(O)cc1)c1cc(C(N)=S)ccn1. The van der Waals surface area contributed by atoms with Crippen molar-refractivity contribution in [1.29, 1.82) is 0 Å². The predicted octanol–water partition coefficient (Wildman–Crippen LogP) is 2.19. The van der Waals surface area contributed by atoms with E-state index in [9.17, 15) is 5.11 Å². The number of anilines is 2. The lowest BCUT2D eigenvalue weighted by Gasteiger charge is -2.18. The van der Waals surface area contributed by atoms with Crippen LogP contribution in [-0.4, -0.2) is 22.1 Å². The van der Waals surface area contributed by atoms with E-state index in [2.05, 4.69) is 4.98 Å². The van der Waals surface area contributed by atoms with E-state index in [0.717, 1.165) is 17.1 Å². The van der Waals surface area contributed by atoms with Gasteiger partial charge in [-0.1, -0.05) is 12.2 Å². The summed E-state index contributed by atoms with van der Waals surface area (Å²) < 4.78 is 0. The Morgan fingerprint density at radius 3 is 2.56 bits per heavy atom. The first kappa shape index (κ1) is 12.3. The van der Waals surface area contributed by atoms with Gasteiger partial charge in [-0.25, -0.2) is 4.98 Å². The Bertz CT molecular complexity index is 569. The Hall–Kier alpha value is -2.14. The second-order valence-electron chi connectivity index (χ2n) is 3.84. The van der Waals surface area contributed by atoms with Crippen molar-refractivity contribution in [3.05, 3.63) is 48.2 Å². The van der Waals surface area contributed by atoms with Gasteiger partial charge in [0, 0.05) is 24.5 Å². The van der Waals surface area contributed by atoms with E-state index in [-0.39, 0.29) is 5.75 Å². The van der Waals surface area contributed by atoms with Crippen LogP contribution in [0.2, 0.25) is 0 Å². The molecule has 0 aliphatic rings. The van der Waals surface area contributed by atoms with Crippen LogP contribution in [0.3, 0.4) is 0 Å². The number of pyridine rings is 1. The van der Waals surface area contributed by atoms with Gasteiger partial charge in [-0.15, -0.1) is 0 Å². The van der Waals surface area contributed by atoms with E-state index in [4.69, 9.17) is 18.0 Å². The molecule has 2 rings (SSSR count). The quantitative estimate of drug-likeness (QED) is 0.827. The molecule has 1 aromatic carbocycles. The largest absolute Gasteiger partial charge is 0.508 e. The summed E-state index contributed by atoms with van der Waals surface area (Å²) >= 11 is 4.94. The van der Waals surface area contributed by atoms with Gasteiger partial charge < -0.3 is 15.7 Å². The fourth-order valence-corrected chi connectivity index (χ4v) is 1.69. The van der Waals surface area contributed by atoms with Crippen LogP contribution in [-0.2, 0) is 0 Å². The van der Waals surface area contributed by atoms with E-state index in [0.29, 0.717) is 4.99 Å². The van der Waals surface area contributed by atoms with Crippen LogP contribution in [0.1, 0.15) is 5.56 Å². The van der Waals surface area contributed by atoms with Gasteiger partial charge >= 0.3 is 0 Å². The summed E-state index contributed by atoms with van der Waals surface area (Å²) in [7, 11) is 1.89. The van der Waals surface area contributed by atoms with Crippen molar-refractivity contribution in [2.24, 2.45) is 5.73 Å². The molecule has 1 heterocycles. The number of phenolic OH excluding ortho intramolecular Hbond substituents is 1. The average molecular weight is 259 g/mol. The first-order valence-electron chi connectivity index (χ1n) is 5.36. The molecule has 0 aliphatic carbocycles. The third kappa shape index (κ3) is 2.57. The van der Waals surface area contributed by atoms with Crippen LogP contribution in [0.15, 0.2) is 42.6 Å². The second kappa shape index (κ2) is 5.01. The summed E-state index contributed by atoms with van der Waals surface area (Å²) in [6.07, 6.45) is 1.67. The predicted molar refractivity (Wildman–Crippen MR) is 76.3 cm³/mol. The summed E-state index contributed by atoms with van der Waals surface area (Å²) in [6.45, 7) is 0. The van der Waals surface area contributed by atoms with Gasteiger partial charge in [0.05, 0.1) is 0 Å². The molecule has 0 unspecified atom stereocenters. The molecule has 5 heteroatoms. The summed E-state index contributed by atoms with van der Waals surface area (Å²) in [5.41, 5.74) is 7.29. The summed E-state index contributed by atoms with van der Waals surface area (Å²) in [5.74, 6) is 0.975. The molecule has 2 aromatic rings. The van der Waals surface area contributed by atoms with Gasteiger partial charge in [0.15, 0.2) is 0 Å². The molecule has 0 saturated carbocycles. The zero-order chi connectivity index (χ0) is 13.1. The maximum atomic E-state index is 9.26. The Labute approximate surface area is 111 Å². The molecular weight excluding hydrogens is 246 g/mol. The molecule has 4 nitrogen and oxygen atoms in total. The van der Waals surface area contributed by atoms with E-state index in [1.807, 2.05) is 30.1 Å². The van der Waals surface area contributed by atoms with Crippen molar-refractivity contribution in [1.82, 2.24) is 4.98 Å². The highest BCUT2D eigenvalue weighted by molar-refractivity contribution is 7.80. The standard InChI is InChI=1S/C13H13N3OS/c1-16(10-2-4-11(17)5-3-10)12-8-9(13(14)18)6-7-15-12/h2-8,17H,1H3,(H2,14,18). The number of benzene rings is 1. The Morgan fingerprint density at radius 1 is 1.28 bits per heavy atom. The van der Waals surface area contributed by atoms with Crippen molar-refractivity contribution in [2.45, 2.75) is 0 Å². The fourth-order valence-electron chi connectivity index (χ4n) is 1.56. The molecule has 0 aliphatic heterocycles. The molecule has 3 N–H and O–H groups in total. The number of phenols is 1. The molecule has 0 atom stereocenters. The van der Waals surface area contributed by atoms with Gasteiger partial charge in [-0.2, -0.15) is 0 Å². The third-order valence-corrected chi connectivity index (χ3v) is 2.85. The Morgan fingerprint density at radius 2 is 1.94 bits per heavy atom. The van der Waals surface area contributed by atoms with Crippen molar-refractivity contribution in [3.8, 4) is 5.75 Å². The number of aromatic hydroxyl groups is 1. The van der Waals surface area contributed by atoms with E-state index in [1.54, 1.807) is 24.4 Å². The van der Waals surface area contributed by atoms with Gasteiger partial charge in [0.2, 0.25) is 0 Å². The topological polar surface area (TPSA) is 62.4 Å². The molecule has 0 bridgehead atoms. The molecular formula is C13H13N3OS. The summed E-state index contributed by atoms with van der Waals surface area (Å²) in [5, 5.41) is 9.26. The highest BCUT2D eigenvalue weighted by atomic mass is 32.1. The lowest BCUT2D eigenvalue weighted by molar-refractivity contribution is 0.475. The van der Waals surface area contributed by atoms with Gasteiger partial charge in [0.25, 0.3) is 0 Å². The van der Waals surface area contributed by atoms with E-state index >= 15 is 0 Å². The number of hydrogen-bond acceptors (Lipinski definition) is 4. The number of nitrogens with zero attached hydrogens (tertiary/aromatic N) is 2. The minimum atomic E-state index is 0.233. The van der Waals surface area contributed by atoms with E-state index < -0.39 is 0 Å². The van der Waals surface area contributed by atoms with Crippen LogP contribution in [0, 0.1) is 0 Å². The zero-order valence-corrected chi connectivity index (χ0v) is 10.7. The number of aromatic nitrogens is 1. The van der Waals surface area contributed by atoms with Crippen molar-refractivity contribution < 1.29 is 5.11 Å². The zero-order valence-electron chi connectivity index (χ0n) is 9.87. The van der Waals surface area contributed by atoms with E-state index in [1.165, 1.54) is 0 Å². The fraction of sp³-hybridized carbons (Fsp3) is 0.0769. The maximum Gasteiger partial charge on any atom is 0.133 e. The van der Waals surface area contributed by atoms with Gasteiger partial charge in [-0.05, 0) is 36.4 Å². The van der Waals surface area contributed by atoms with Crippen LogP contribution in [0.5, 0.6) is 5.75 Å². The molecule has 0 spiro atoms. The second-order valence-corrected chi connectivity index (χ2v) is 4.28. The lowest BCUT2D eigenvalue weighted by Crippen LogP contribution is -2.14. The van der Waals surface area contributed by atoms with Crippen molar-refractivity contribution in [2.75, 3.05) is 11.9 Å². The highest BCUT2D eigenvalue weighted by Crippen LogP contribution is 2.23. The molecule has 0 radical (unpaired) electrons. The number of thiocarbonyl (C=S) groups is 1. The molecule has 1 aromatic heterocycles. The van der Waals surface area contributed by atoms with Crippen molar-refractivity contribution in [3.63, 3.8) is 0 Å². The Kier molecular flexibility index (Phi) is 3.43. The molecule has 92 valence electrons. The molecule has 0 saturated heterocycles. The normalized spacial score (nSPS) is 10.1. The molecule has 0 fully saturated rings. The van der Waals surface area contributed by atoms with Crippen LogP contribution >= 0.6 is 12.2 Å². The number of hydrogen-bond donors (Lipinski definition) is 2. The lowest BCUT2D eigenvalue weighted by atomic mass is 10.2. The Balaban J connectivity index is 2.33. The van der Waals surface area contributed by atoms with Gasteiger partial charge in [0.1, 0.15) is 16.6 Å². The first-order chi connectivity index (χ1) is 8.58. The highest BCUT2D eigenvalue weighted by Gasteiger charge is 2.07. The summed E-state index contributed by atoms with van der Waals surface area (Å²) in [4.78, 5) is 6.50.